The molecule has 3 fully saturated rings. The van der Waals surface area contributed by atoms with Crippen LogP contribution in [0.5, 0.6) is 0 Å². The van der Waals surface area contributed by atoms with E-state index in [1.54, 1.807) is 24.4 Å². The van der Waals surface area contributed by atoms with Gasteiger partial charge in [0.05, 0.1) is 5.69 Å². The van der Waals surface area contributed by atoms with E-state index in [1.165, 1.54) is 12.1 Å². The molecule has 1 aromatic heterocycles. The number of hydrogen-bond donors (Lipinski definition) is 0. The molecule has 2 atom stereocenters. The minimum Gasteiger partial charge on any atom is -0.294 e. The molecule has 24 heavy (non-hydrogen) atoms. The zero-order valence-electron chi connectivity index (χ0n) is 13.1. The molecule has 3 aliphatic heterocycles. The number of halogens is 3. The molecule has 0 saturated carbocycles. The second-order valence-corrected chi connectivity index (χ2v) is 6.95. The fraction of sp³-hybridized carbons (Fsp3) is 0.389. The summed E-state index contributed by atoms with van der Waals surface area (Å²) in [5, 5.41) is 0.479. The first-order valence-electron chi connectivity index (χ1n) is 8.12. The fourth-order valence-corrected chi connectivity index (χ4v) is 4.00. The Bertz CT molecular complexity index is 723. The minimum absolute atomic E-state index is 0.250. The molecule has 0 spiro atoms. The highest BCUT2D eigenvalue weighted by atomic mass is 35.5. The molecule has 5 rings (SSSR count). The van der Waals surface area contributed by atoms with Crippen LogP contribution in [0.25, 0.3) is 0 Å². The van der Waals surface area contributed by atoms with E-state index in [0.29, 0.717) is 41.5 Å². The van der Waals surface area contributed by atoms with Gasteiger partial charge >= 0.3 is 0 Å². The Morgan fingerprint density at radius 2 is 1.79 bits per heavy atom. The van der Waals surface area contributed by atoms with Crippen molar-refractivity contribution >= 4 is 11.6 Å². The Balaban J connectivity index is 1.41. The standard InChI is InChI=1S/C18H18ClF2N3/c19-15-3-1-4-16(20)14(15)10-24-12-7-13(24)9-23(8-12)11-18-17(21)5-2-6-22-18/h1-6,12-13H,7-11H2. The minimum atomic E-state index is -0.258. The number of fused-ring (bicyclic) bond motifs is 2. The summed E-state index contributed by atoms with van der Waals surface area (Å²) in [5.41, 5.74) is 1.06. The van der Waals surface area contributed by atoms with Gasteiger partial charge in [0.25, 0.3) is 0 Å². The van der Waals surface area contributed by atoms with Crippen LogP contribution in [0.15, 0.2) is 36.5 Å². The molecular weight excluding hydrogens is 332 g/mol. The molecule has 0 N–H and O–H groups in total. The Morgan fingerprint density at radius 1 is 1.04 bits per heavy atom. The van der Waals surface area contributed by atoms with E-state index in [0.717, 1.165) is 19.5 Å². The quantitative estimate of drug-likeness (QED) is 0.842. The van der Waals surface area contributed by atoms with E-state index in [4.69, 9.17) is 11.6 Å². The van der Waals surface area contributed by atoms with Crippen molar-refractivity contribution in [2.24, 2.45) is 0 Å². The molecule has 2 aromatic rings. The van der Waals surface area contributed by atoms with Gasteiger partial charge in [-0.2, -0.15) is 0 Å². The first-order valence-corrected chi connectivity index (χ1v) is 8.50. The van der Waals surface area contributed by atoms with Gasteiger partial charge in [-0.1, -0.05) is 17.7 Å². The smallest absolute Gasteiger partial charge is 0.146 e. The van der Waals surface area contributed by atoms with E-state index < -0.39 is 0 Å². The summed E-state index contributed by atoms with van der Waals surface area (Å²) in [6, 6.07) is 8.59. The third-order valence-corrected chi connectivity index (χ3v) is 5.38. The van der Waals surface area contributed by atoms with Crippen LogP contribution in [-0.4, -0.2) is 40.0 Å². The number of nitrogens with zero attached hydrogens (tertiary/aromatic N) is 3. The van der Waals surface area contributed by atoms with Crippen molar-refractivity contribution in [2.75, 3.05) is 13.1 Å². The first kappa shape index (κ1) is 15.9. The molecule has 2 unspecified atom stereocenters. The van der Waals surface area contributed by atoms with Crippen LogP contribution in [0, 0.1) is 11.6 Å². The van der Waals surface area contributed by atoms with Gasteiger partial charge in [-0.25, -0.2) is 8.78 Å². The van der Waals surface area contributed by atoms with Crippen LogP contribution in [-0.2, 0) is 13.1 Å². The summed E-state index contributed by atoms with van der Waals surface area (Å²) in [7, 11) is 0. The number of aromatic nitrogens is 1. The van der Waals surface area contributed by atoms with Gasteiger partial charge in [-0.3, -0.25) is 14.8 Å². The Kier molecular flexibility index (Phi) is 4.24. The number of piperidine rings is 1. The molecular formula is C18H18ClF2N3. The number of piperazine rings is 1. The highest BCUT2D eigenvalue weighted by molar-refractivity contribution is 6.31. The zero-order valence-corrected chi connectivity index (χ0v) is 13.9. The maximum Gasteiger partial charge on any atom is 0.146 e. The molecule has 6 heteroatoms. The molecule has 2 bridgehead atoms. The topological polar surface area (TPSA) is 19.4 Å². The van der Waals surface area contributed by atoms with Crippen LogP contribution >= 0.6 is 11.6 Å². The van der Waals surface area contributed by atoms with Gasteiger partial charge < -0.3 is 0 Å². The van der Waals surface area contributed by atoms with Gasteiger partial charge in [0, 0.05) is 55.0 Å². The van der Waals surface area contributed by atoms with Crippen LogP contribution in [0.1, 0.15) is 17.7 Å². The van der Waals surface area contributed by atoms with E-state index in [1.807, 2.05) is 0 Å². The maximum atomic E-state index is 14.0. The molecule has 0 amide bonds. The lowest BCUT2D eigenvalue weighted by Crippen LogP contribution is -2.67. The normalized spacial score (nSPS) is 24.0. The van der Waals surface area contributed by atoms with E-state index >= 15 is 0 Å². The molecule has 3 aliphatic rings. The molecule has 0 aliphatic carbocycles. The molecule has 3 saturated heterocycles. The SMILES string of the molecule is Fc1cccnc1CN1CC2CC(C1)N2Cc1c(F)cccc1Cl. The molecule has 3 nitrogen and oxygen atoms in total. The highest BCUT2D eigenvalue weighted by Crippen LogP contribution is 2.35. The molecule has 1 aromatic carbocycles. The van der Waals surface area contributed by atoms with E-state index in [9.17, 15) is 8.78 Å². The second-order valence-electron chi connectivity index (χ2n) is 6.54. The van der Waals surface area contributed by atoms with Crippen molar-refractivity contribution < 1.29 is 8.78 Å². The summed E-state index contributed by atoms with van der Waals surface area (Å²) in [4.78, 5) is 8.65. The molecule has 126 valence electrons. The Morgan fingerprint density at radius 3 is 2.50 bits per heavy atom. The van der Waals surface area contributed by atoms with Crippen LogP contribution in [0.2, 0.25) is 5.02 Å². The number of hydrogen-bond acceptors (Lipinski definition) is 3. The zero-order chi connectivity index (χ0) is 16.7. The van der Waals surface area contributed by atoms with Crippen molar-refractivity contribution in [2.45, 2.75) is 31.6 Å². The molecule has 4 heterocycles. The third-order valence-electron chi connectivity index (χ3n) is 5.03. The van der Waals surface area contributed by atoms with Gasteiger partial charge in [-0.15, -0.1) is 0 Å². The lowest BCUT2D eigenvalue weighted by molar-refractivity contribution is -0.0784. The summed E-state index contributed by atoms with van der Waals surface area (Å²) < 4.78 is 27.7. The van der Waals surface area contributed by atoms with Crippen molar-refractivity contribution in [1.29, 1.82) is 0 Å². The maximum absolute atomic E-state index is 14.0. The number of rotatable bonds is 4. The van der Waals surface area contributed by atoms with Crippen LogP contribution in [0.3, 0.4) is 0 Å². The van der Waals surface area contributed by atoms with E-state index in [2.05, 4.69) is 14.8 Å². The third kappa shape index (κ3) is 2.92. The van der Waals surface area contributed by atoms with Gasteiger partial charge in [0.2, 0.25) is 0 Å². The first-order chi connectivity index (χ1) is 11.6. The average Bonchev–Trinajstić information content (AvgIpc) is 2.56. The van der Waals surface area contributed by atoms with Crippen molar-refractivity contribution in [3.8, 4) is 0 Å². The van der Waals surface area contributed by atoms with E-state index in [-0.39, 0.29) is 11.6 Å². The predicted octanol–water partition coefficient (Wildman–Crippen LogP) is 3.47. The Hall–Kier alpha value is -1.56. The van der Waals surface area contributed by atoms with Crippen LogP contribution < -0.4 is 0 Å². The largest absolute Gasteiger partial charge is 0.294 e. The predicted molar refractivity (Wildman–Crippen MR) is 88.6 cm³/mol. The summed E-state index contributed by atoms with van der Waals surface area (Å²) in [5.74, 6) is -0.508. The van der Waals surface area contributed by atoms with Gasteiger partial charge in [0.15, 0.2) is 0 Å². The Labute approximate surface area is 144 Å². The van der Waals surface area contributed by atoms with Crippen molar-refractivity contribution in [3.05, 3.63) is 64.4 Å². The average molecular weight is 350 g/mol. The lowest BCUT2D eigenvalue weighted by Gasteiger charge is -2.56. The highest BCUT2D eigenvalue weighted by Gasteiger charge is 2.44. The van der Waals surface area contributed by atoms with Crippen molar-refractivity contribution in [1.82, 2.24) is 14.8 Å². The number of pyridine rings is 1. The van der Waals surface area contributed by atoms with Gasteiger partial charge in [0.1, 0.15) is 11.6 Å². The molecule has 0 radical (unpaired) electrons. The monoisotopic (exact) mass is 349 g/mol. The number of benzene rings is 1. The second kappa shape index (κ2) is 6.39. The van der Waals surface area contributed by atoms with Gasteiger partial charge in [-0.05, 0) is 30.7 Å². The summed E-state index contributed by atoms with van der Waals surface area (Å²) in [6.07, 6.45) is 2.73. The summed E-state index contributed by atoms with van der Waals surface area (Å²) in [6.45, 7) is 2.75. The fourth-order valence-electron chi connectivity index (χ4n) is 3.77. The summed E-state index contributed by atoms with van der Waals surface area (Å²) >= 11 is 6.14. The van der Waals surface area contributed by atoms with Crippen LogP contribution in [0.4, 0.5) is 8.78 Å². The lowest BCUT2D eigenvalue weighted by atomic mass is 9.86. The van der Waals surface area contributed by atoms with Crippen molar-refractivity contribution in [3.63, 3.8) is 0 Å².